The van der Waals surface area contributed by atoms with E-state index in [1.807, 2.05) is 0 Å². The number of aliphatic hydroxyl groups is 1. The maximum Gasteiger partial charge on any atom is 0.434 e. The van der Waals surface area contributed by atoms with E-state index in [1.165, 1.54) is 23.6 Å². The highest BCUT2D eigenvalue weighted by molar-refractivity contribution is 5.58. The lowest BCUT2D eigenvalue weighted by molar-refractivity contribution is -0.140. The number of hydrogen-bond donors (Lipinski definition) is 1. The molecule has 1 unspecified atom stereocenters. The number of aromatic nitrogens is 2. The highest BCUT2D eigenvalue weighted by Crippen LogP contribution is 2.33. The molecule has 1 aromatic carbocycles. The quantitative estimate of drug-likeness (QED) is 0.855. The Bertz CT molecular complexity index is 675. The van der Waals surface area contributed by atoms with Crippen LogP contribution in [0.2, 0.25) is 0 Å². The van der Waals surface area contributed by atoms with E-state index in [9.17, 15) is 22.7 Å². The lowest BCUT2D eigenvalue weighted by Gasteiger charge is -2.13. The van der Waals surface area contributed by atoms with Crippen molar-refractivity contribution in [2.24, 2.45) is 0 Å². The molecule has 0 fully saturated rings. The van der Waals surface area contributed by atoms with E-state index in [1.54, 1.807) is 13.8 Å². The third-order valence-electron chi connectivity index (χ3n) is 3.30. The van der Waals surface area contributed by atoms with Crippen LogP contribution in [0.4, 0.5) is 17.6 Å². The average molecular weight is 316 g/mol. The Labute approximate surface area is 125 Å². The second-order valence-corrected chi connectivity index (χ2v) is 5.36. The summed E-state index contributed by atoms with van der Waals surface area (Å²) in [6, 6.07) is 3.59. The van der Waals surface area contributed by atoms with E-state index in [0.717, 1.165) is 12.3 Å². The van der Waals surface area contributed by atoms with Gasteiger partial charge in [0.25, 0.3) is 0 Å². The van der Waals surface area contributed by atoms with Gasteiger partial charge in [0, 0.05) is 12.2 Å². The molecule has 0 aliphatic heterocycles. The zero-order chi connectivity index (χ0) is 16.7. The van der Waals surface area contributed by atoms with Gasteiger partial charge in [0.05, 0.1) is 11.7 Å². The molecule has 0 saturated heterocycles. The molecule has 2 aromatic rings. The number of benzene rings is 1. The summed E-state index contributed by atoms with van der Waals surface area (Å²) in [5.41, 5.74) is -0.747. The molecule has 3 nitrogen and oxygen atoms in total. The molecule has 0 saturated carbocycles. The van der Waals surface area contributed by atoms with Gasteiger partial charge in [-0.05, 0) is 38.5 Å². The second-order valence-electron chi connectivity index (χ2n) is 5.36. The SMILES string of the molecule is CC(O)c1ccc(-c2nc(C(F)(F)F)cn2C(C)C)c(F)c1. The first-order valence-electron chi connectivity index (χ1n) is 6.75. The van der Waals surface area contributed by atoms with Crippen LogP contribution in [0.3, 0.4) is 0 Å². The molecule has 0 amide bonds. The van der Waals surface area contributed by atoms with Gasteiger partial charge in [-0.25, -0.2) is 9.37 Å². The summed E-state index contributed by atoms with van der Waals surface area (Å²) >= 11 is 0. The number of alkyl halides is 3. The monoisotopic (exact) mass is 316 g/mol. The van der Waals surface area contributed by atoms with Crippen LogP contribution < -0.4 is 0 Å². The Hall–Kier alpha value is -1.89. The lowest BCUT2D eigenvalue weighted by Crippen LogP contribution is -2.05. The van der Waals surface area contributed by atoms with Crippen molar-refractivity contribution in [3.8, 4) is 11.4 Å². The summed E-state index contributed by atoms with van der Waals surface area (Å²) in [4.78, 5) is 3.54. The van der Waals surface area contributed by atoms with Gasteiger partial charge in [-0.2, -0.15) is 13.2 Å². The van der Waals surface area contributed by atoms with Crippen molar-refractivity contribution < 1.29 is 22.7 Å². The van der Waals surface area contributed by atoms with Crippen LogP contribution in [-0.2, 0) is 6.18 Å². The summed E-state index contributed by atoms with van der Waals surface area (Å²) in [6.07, 6.45) is -4.58. The topological polar surface area (TPSA) is 38.1 Å². The van der Waals surface area contributed by atoms with E-state index in [0.29, 0.717) is 5.56 Å². The fraction of sp³-hybridized carbons (Fsp3) is 0.400. The zero-order valence-corrected chi connectivity index (χ0v) is 12.3. The molecule has 1 N–H and O–H groups in total. The van der Waals surface area contributed by atoms with Crippen molar-refractivity contribution in [2.45, 2.75) is 39.1 Å². The number of aliphatic hydroxyl groups excluding tert-OH is 1. The molecule has 2 rings (SSSR count). The lowest BCUT2D eigenvalue weighted by atomic mass is 10.1. The van der Waals surface area contributed by atoms with Crippen LogP contribution in [0, 0.1) is 5.82 Å². The standard InChI is InChI=1S/C15H16F4N2O/c1-8(2)21-7-13(15(17,18)19)20-14(21)11-5-4-10(9(3)22)6-12(11)16/h4-9,22H,1-3H3. The van der Waals surface area contributed by atoms with Crippen molar-refractivity contribution in [1.29, 1.82) is 0 Å². The van der Waals surface area contributed by atoms with Gasteiger partial charge in [0.1, 0.15) is 11.6 Å². The molecule has 0 radical (unpaired) electrons. The molecule has 7 heteroatoms. The number of hydrogen-bond acceptors (Lipinski definition) is 2. The second kappa shape index (κ2) is 5.72. The molecule has 1 heterocycles. The highest BCUT2D eigenvalue weighted by atomic mass is 19.4. The predicted molar refractivity (Wildman–Crippen MR) is 73.6 cm³/mol. The van der Waals surface area contributed by atoms with E-state index >= 15 is 0 Å². The first-order chi connectivity index (χ1) is 10.1. The third-order valence-corrected chi connectivity index (χ3v) is 3.30. The smallest absolute Gasteiger partial charge is 0.389 e. The molecular weight excluding hydrogens is 300 g/mol. The summed E-state index contributed by atoms with van der Waals surface area (Å²) in [7, 11) is 0. The minimum absolute atomic E-state index is 0.0337. The molecule has 0 aliphatic rings. The normalized spacial score (nSPS) is 13.7. The first kappa shape index (κ1) is 16.5. The van der Waals surface area contributed by atoms with Gasteiger partial charge >= 0.3 is 6.18 Å². The van der Waals surface area contributed by atoms with Crippen molar-refractivity contribution in [1.82, 2.24) is 9.55 Å². The molecule has 22 heavy (non-hydrogen) atoms. The van der Waals surface area contributed by atoms with E-state index in [2.05, 4.69) is 4.98 Å². The van der Waals surface area contributed by atoms with Crippen molar-refractivity contribution in [3.63, 3.8) is 0 Å². The minimum atomic E-state index is -4.59. The average Bonchev–Trinajstić information content (AvgIpc) is 2.83. The van der Waals surface area contributed by atoms with Gasteiger partial charge in [0.2, 0.25) is 0 Å². The van der Waals surface area contributed by atoms with Crippen molar-refractivity contribution in [2.75, 3.05) is 0 Å². The maximum absolute atomic E-state index is 14.2. The number of nitrogens with zero attached hydrogens (tertiary/aromatic N) is 2. The fourth-order valence-corrected chi connectivity index (χ4v) is 2.10. The Morgan fingerprint density at radius 2 is 1.82 bits per heavy atom. The number of imidazole rings is 1. The Morgan fingerprint density at radius 3 is 2.27 bits per heavy atom. The summed E-state index contributed by atoms with van der Waals surface area (Å²) < 4.78 is 54.0. The van der Waals surface area contributed by atoms with E-state index in [4.69, 9.17) is 0 Å². The van der Waals surface area contributed by atoms with Crippen LogP contribution >= 0.6 is 0 Å². The van der Waals surface area contributed by atoms with Gasteiger partial charge in [-0.15, -0.1) is 0 Å². The zero-order valence-electron chi connectivity index (χ0n) is 12.3. The Morgan fingerprint density at radius 1 is 1.18 bits per heavy atom. The molecule has 0 bridgehead atoms. The summed E-state index contributed by atoms with van der Waals surface area (Å²) in [5.74, 6) is -0.809. The van der Waals surface area contributed by atoms with Crippen molar-refractivity contribution in [3.05, 3.63) is 41.5 Å². The van der Waals surface area contributed by atoms with Gasteiger partial charge in [0.15, 0.2) is 5.69 Å². The van der Waals surface area contributed by atoms with Gasteiger partial charge < -0.3 is 9.67 Å². The minimum Gasteiger partial charge on any atom is -0.389 e. The summed E-state index contributed by atoms with van der Waals surface area (Å²) in [5, 5.41) is 9.43. The largest absolute Gasteiger partial charge is 0.434 e. The van der Waals surface area contributed by atoms with Crippen LogP contribution in [-0.4, -0.2) is 14.7 Å². The number of halogens is 4. The van der Waals surface area contributed by atoms with Crippen LogP contribution in [0.25, 0.3) is 11.4 Å². The molecule has 1 aromatic heterocycles. The molecule has 0 aliphatic carbocycles. The highest BCUT2D eigenvalue weighted by Gasteiger charge is 2.35. The maximum atomic E-state index is 14.2. The van der Waals surface area contributed by atoms with Gasteiger partial charge in [-0.3, -0.25) is 0 Å². The Balaban J connectivity index is 2.59. The van der Waals surface area contributed by atoms with Crippen LogP contribution in [0.15, 0.2) is 24.4 Å². The van der Waals surface area contributed by atoms with Crippen LogP contribution in [0.5, 0.6) is 0 Å². The summed E-state index contributed by atoms with van der Waals surface area (Å²) in [6.45, 7) is 4.85. The molecule has 1 atom stereocenters. The van der Waals surface area contributed by atoms with E-state index in [-0.39, 0.29) is 17.4 Å². The van der Waals surface area contributed by atoms with Gasteiger partial charge in [-0.1, -0.05) is 6.07 Å². The molecule has 120 valence electrons. The fourth-order valence-electron chi connectivity index (χ4n) is 2.10. The van der Waals surface area contributed by atoms with Crippen LogP contribution in [0.1, 0.15) is 44.2 Å². The Kier molecular flexibility index (Phi) is 4.28. The van der Waals surface area contributed by atoms with E-state index < -0.39 is 23.8 Å². The first-order valence-corrected chi connectivity index (χ1v) is 6.75. The molecule has 0 spiro atoms. The van der Waals surface area contributed by atoms with Crippen molar-refractivity contribution >= 4 is 0 Å². The third kappa shape index (κ3) is 3.14. The molecular formula is C15H16F4N2O. The predicted octanol–water partition coefficient (Wildman–Crippen LogP) is 4.34. The number of rotatable bonds is 3.